The summed E-state index contributed by atoms with van der Waals surface area (Å²) in [5.74, 6) is -0.463. The van der Waals surface area contributed by atoms with Crippen LogP contribution in [0, 0.1) is 5.92 Å². The van der Waals surface area contributed by atoms with Crippen molar-refractivity contribution in [1.29, 1.82) is 0 Å². The molecule has 6 nitrogen and oxygen atoms in total. The lowest BCUT2D eigenvalue weighted by molar-refractivity contribution is -0.136. The fourth-order valence-corrected chi connectivity index (χ4v) is 3.81. The van der Waals surface area contributed by atoms with Gasteiger partial charge in [-0.3, -0.25) is 14.5 Å². The topological polar surface area (TPSA) is 78.5 Å². The van der Waals surface area contributed by atoms with Gasteiger partial charge in [0.2, 0.25) is 5.91 Å². The van der Waals surface area contributed by atoms with Crippen LogP contribution in [0.15, 0.2) is 30.3 Å². The second-order valence-electron chi connectivity index (χ2n) is 7.12. The minimum absolute atomic E-state index is 0.148. The van der Waals surface area contributed by atoms with Crippen LogP contribution in [0.1, 0.15) is 44.6 Å². The highest BCUT2D eigenvalue weighted by molar-refractivity contribution is 6.09. The third-order valence-electron chi connectivity index (χ3n) is 5.36. The van der Waals surface area contributed by atoms with Gasteiger partial charge in [0.05, 0.1) is 0 Å². The molecular formula is C19H25N3O3. The predicted molar refractivity (Wildman–Crippen MR) is 93.5 cm³/mol. The Balaban J connectivity index is 1.59. The van der Waals surface area contributed by atoms with E-state index in [1.165, 1.54) is 6.42 Å². The van der Waals surface area contributed by atoms with Gasteiger partial charge in [0.15, 0.2) is 0 Å². The molecule has 1 aliphatic carbocycles. The first kappa shape index (κ1) is 17.5. The summed E-state index contributed by atoms with van der Waals surface area (Å²) in [5.41, 5.74) is 0.0945. The average Bonchev–Trinajstić information content (AvgIpc) is 2.86. The Labute approximate surface area is 148 Å². The van der Waals surface area contributed by atoms with E-state index in [1.807, 2.05) is 30.3 Å². The maximum atomic E-state index is 12.8. The third-order valence-corrected chi connectivity index (χ3v) is 5.36. The summed E-state index contributed by atoms with van der Waals surface area (Å²) >= 11 is 0. The SMILES string of the molecule is CC1(C2CCCCC2)NC(=O)N(CC(=O)NCc2ccccc2)C1=O. The first-order valence-corrected chi connectivity index (χ1v) is 8.95. The standard InChI is InChI=1S/C19H25N3O3/c1-19(15-10-6-3-7-11-15)17(24)22(18(25)21-19)13-16(23)20-12-14-8-4-2-5-9-14/h2,4-5,8-9,15H,3,6-7,10-13H2,1H3,(H,20,23)(H,21,25). The van der Waals surface area contributed by atoms with Crippen molar-refractivity contribution >= 4 is 17.8 Å². The maximum Gasteiger partial charge on any atom is 0.325 e. The molecule has 1 unspecified atom stereocenters. The van der Waals surface area contributed by atoms with E-state index in [4.69, 9.17) is 0 Å². The van der Waals surface area contributed by atoms with E-state index in [0.29, 0.717) is 6.54 Å². The van der Waals surface area contributed by atoms with E-state index in [1.54, 1.807) is 6.92 Å². The lowest BCUT2D eigenvalue weighted by Gasteiger charge is -2.34. The number of nitrogens with one attached hydrogen (secondary N) is 2. The van der Waals surface area contributed by atoms with Gasteiger partial charge in [0.25, 0.3) is 5.91 Å². The Kier molecular flexibility index (Phi) is 5.06. The van der Waals surface area contributed by atoms with E-state index in [2.05, 4.69) is 10.6 Å². The van der Waals surface area contributed by atoms with Crippen molar-refractivity contribution < 1.29 is 14.4 Å². The highest BCUT2D eigenvalue weighted by Gasteiger charge is 2.52. The van der Waals surface area contributed by atoms with Crippen LogP contribution in [0.5, 0.6) is 0 Å². The number of carbonyl (C=O) groups is 3. The summed E-state index contributed by atoms with van der Waals surface area (Å²) in [5, 5.41) is 5.60. The van der Waals surface area contributed by atoms with Crippen LogP contribution < -0.4 is 10.6 Å². The first-order chi connectivity index (χ1) is 12.0. The Morgan fingerprint density at radius 3 is 2.56 bits per heavy atom. The van der Waals surface area contributed by atoms with Gasteiger partial charge in [-0.15, -0.1) is 0 Å². The van der Waals surface area contributed by atoms with Gasteiger partial charge >= 0.3 is 6.03 Å². The molecule has 2 aliphatic rings. The lowest BCUT2D eigenvalue weighted by Crippen LogP contribution is -2.51. The fourth-order valence-electron chi connectivity index (χ4n) is 3.81. The van der Waals surface area contributed by atoms with Gasteiger partial charge in [-0.25, -0.2) is 4.79 Å². The summed E-state index contributed by atoms with van der Waals surface area (Å²) < 4.78 is 0. The van der Waals surface area contributed by atoms with Crippen molar-refractivity contribution in [2.45, 2.75) is 51.1 Å². The number of rotatable bonds is 5. The normalized spacial score (nSPS) is 24.3. The van der Waals surface area contributed by atoms with Gasteiger partial charge in [0.1, 0.15) is 12.1 Å². The van der Waals surface area contributed by atoms with E-state index < -0.39 is 11.6 Å². The van der Waals surface area contributed by atoms with Crippen LogP contribution in [0.4, 0.5) is 4.79 Å². The Hall–Kier alpha value is -2.37. The number of hydrogen-bond acceptors (Lipinski definition) is 3. The number of carbonyl (C=O) groups excluding carboxylic acids is 3. The molecule has 1 heterocycles. The molecule has 1 aliphatic heterocycles. The van der Waals surface area contributed by atoms with Crippen molar-refractivity contribution in [1.82, 2.24) is 15.5 Å². The van der Waals surface area contributed by atoms with Crippen molar-refractivity contribution in [3.63, 3.8) is 0 Å². The Morgan fingerprint density at radius 1 is 1.20 bits per heavy atom. The lowest BCUT2D eigenvalue weighted by atomic mass is 9.75. The van der Waals surface area contributed by atoms with Gasteiger partial charge in [-0.2, -0.15) is 0 Å². The molecule has 0 bridgehead atoms. The molecule has 1 atom stereocenters. The molecule has 25 heavy (non-hydrogen) atoms. The highest BCUT2D eigenvalue weighted by atomic mass is 16.2. The molecule has 3 rings (SSSR count). The molecule has 1 saturated heterocycles. The van der Waals surface area contributed by atoms with E-state index >= 15 is 0 Å². The number of hydrogen-bond donors (Lipinski definition) is 2. The number of benzene rings is 1. The molecule has 1 saturated carbocycles. The molecule has 134 valence electrons. The van der Waals surface area contributed by atoms with Gasteiger partial charge in [0, 0.05) is 6.54 Å². The van der Waals surface area contributed by atoms with E-state index in [-0.39, 0.29) is 24.3 Å². The number of imide groups is 1. The van der Waals surface area contributed by atoms with Crippen LogP contribution >= 0.6 is 0 Å². The zero-order chi connectivity index (χ0) is 17.9. The molecule has 2 N–H and O–H groups in total. The molecule has 0 spiro atoms. The molecule has 0 radical (unpaired) electrons. The van der Waals surface area contributed by atoms with Gasteiger partial charge < -0.3 is 10.6 Å². The molecule has 2 fully saturated rings. The second kappa shape index (κ2) is 7.25. The molecular weight excluding hydrogens is 318 g/mol. The fraction of sp³-hybridized carbons (Fsp3) is 0.526. The smallest absolute Gasteiger partial charge is 0.325 e. The van der Waals surface area contributed by atoms with Crippen LogP contribution in [0.2, 0.25) is 0 Å². The van der Waals surface area contributed by atoms with Crippen molar-refractivity contribution in [3.8, 4) is 0 Å². The summed E-state index contributed by atoms with van der Waals surface area (Å²) in [6.07, 6.45) is 5.23. The molecule has 1 aromatic carbocycles. The van der Waals surface area contributed by atoms with Gasteiger partial charge in [-0.05, 0) is 31.2 Å². The molecule has 0 aromatic heterocycles. The van der Waals surface area contributed by atoms with Crippen LogP contribution in [0.3, 0.4) is 0 Å². The minimum atomic E-state index is -0.878. The zero-order valence-corrected chi connectivity index (χ0v) is 14.6. The number of nitrogens with zero attached hydrogens (tertiary/aromatic N) is 1. The van der Waals surface area contributed by atoms with Crippen molar-refractivity contribution in [2.75, 3.05) is 6.54 Å². The quantitative estimate of drug-likeness (QED) is 0.805. The van der Waals surface area contributed by atoms with E-state index in [0.717, 1.165) is 36.1 Å². The molecule has 4 amide bonds. The summed E-state index contributed by atoms with van der Waals surface area (Å²) in [7, 11) is 0. The third kappa shape index (κ3) is 3.67. The Morgan fingerprint density at radius 2 is 1.88 bits per heavy atom. The maximum absolute atomic E-state index is 12.8. The van der Waals surface area contributed by atoms with Crippen molar-refractivity contribution in [3.05, 3.63) is 35.9 Å². The van der Waals surface area contributed by atoms with Crippen LogP contribution in [-0.4, -0.2) is 34.8 Å². The monoisotopic (exact) mass is 343 g/mol. The summed E-state index contributed by atoms with van der Waals surface area (Å²) in [6.45, 7) is 1.94. The molecule has 6 heteroatoms. The highest BCUT2D eigenvalue weighted by Crippen LogP contribution is 2.36. The largest absolute Gasteiger partial charge is 0.350 e. The van der Waals surface area contributed by atoms with E-state index in [9.17, 15) is 14.4 Å². The predicted octanol–water partition coefficient (Wildman–Crippen LogP) is 2.19. The van der Waals surface area contributed by atoms with Gasteiger partial charge in [-0.1, -0.05) is 49.6 Å². The second-order valence-corrected chi connectivity index (χ2v) is 7.12. The van der Waals surface area contributed by atoms with Crippen molar-refractivity contribution in [2.24, 2.45) is 5.92 Å². The number of urea groups is 1. The summed E-state index contributed by atoms with van der Waals surface area (Å²) in [4.78, 5) is 38.3. The minimum Gasteiger partial charge on any atom is -0.350 e. The average molecular weight is 343 g/mol. The molecule has 1 aromatic rings. The zero-order valence-electron chi connectivity index (χ0n) is 14.6. The summed E-state index contributed by atoms with van der Waals surface area (Å²) in [6, 6.07) is 9.06. The number of amides is 4. The van der Waals surface area contributed by atoms with Crippen LogP contribution in [0.25, 0.3) is 0 Å². The van der Waals surface area contributed by atoms with Crippen LogP contribution in [-0.2, 0) is 16.1 Å². The Bertz CT molecular complexity index is 655. The first-order valence-electron chi connectivity index (χ1n) is 8.95.